The maximum atomic E-state index is 12.0. The zero-order valence-corrected chi connectivity index (χ0v) is 8.79. The lowest BCUT2D eigenvalue weighted by Crippen LogP contribution is -2.13. The Morgan fingerprint density at radius 2 is 2.14 bits per heavy atom. The summed E-state index contributed by atoms with van der Waals surface area (Å²) in [6, 6.07) is 7.90. The van der Waals surface area contributed by atoms with E-state index < -0.39 is 0 Å². The van der Waals surface area contributed by atoms with Gasteiger partial charge in [-0.1, -0.05) is 30.7 Å². The fourth-order valence-electron chi connectivity index (χ4n) is 1.87. The van der Waals surface area contributed by atoms with Crippen LogP contribution in [-0.2, 0) is 0 Å². The number of carbonyl (C=O) groups excluding carboxylic acids is 1. The Morgan fingerprint density at radius 1 is 1.43 bits per heavy atom. The summed E-state index contributed by atoms with van der Waals surface area (Å²) in [5.41, 5.74) is 2.04. The van der Waals surface area contributed by atoms with Gasteiger partial charge in [-0.15, -0.1) is 0 Å². The Labute approximate surface area is 85.1 Å². The lowest BCUT2D eigenvalue weighted by atomic mass is 9.94. The molecule has 0 aliphatic heterocycles. The van der Waals surface area contributed by atoms with Gasteiger partial charge in [0.25, 0.3) is 0 Å². The third-order valence-corrected chi connectivity index (χ3v) is 3.05. The summed E-state index contributed by atoms with van der Waals surface area (Å²) in [5, 5.41) is 0. The molecule has 0 aromatic heterocycles. The highest BCUT2D eigenvalue weighted by Crippen LogP contribution is 2.38. The quantitative estimate of drug-likeness (QED) is 0.665. The molecule has 0 bridgehead atoms. The van der Waals surface area contributed by atoms with Gasteiger partial charge < -0.3 is 0 Å². The minimum Gasteiger partial charge on any atom is -0.294 e. The molecule has 0 saturated heterocycles. The number of benzene rings is 1. The number of ketones is 1. The Kier molecular flexibility index (Phi) is 2.40. The molecule has 0 spiro atoms. The molecule has 1 aromatic carbocycles. The van der Waals surface area contributed by atoms with Gasteiger partial charge in [-0.2, -0.15) is 0 Å². The second-order valence-corrected chi connectivity index (χ2v) is 4.36. The molecular formula is C13H16O. The average molecular weight is 188 g/mol. The standard InChI is InChI=1S/C13H16O/c1-9-4-3-5-12(8-9)13(14)10(2)11-6-7-11/h3-5,8,10-11H,6-7H2,1-2H3. The highest BCUT2D eigenvalue weighted by atomic mass is 16.1. The third kappa shape index (κ3) is 1.87. The minimum absolute atomic E-state index is 0.219. The SMILES string of the molecule is Cc1cccc(C(=O)C(C)C2CC2)c1. The van der Waals surface area contributed by atoms with Gasteiger partial charge in [0.15, 0.2) is 5.78 Å². The molecule has 1 aliphatic carbocycles. The van der Waals surface area contributed by atoms with Crippen molar-refractivity contribution in [2.75, 3.05) is 0 Å². The molecular weight excluding hydrogens is 172 g/mol. The zero-order chi connectivity index (χ0) is 10.1. The molecule has 2 rings (SSSR count). The van der Waals surface area contributed by atoms with E-state index in [9.17, 15) is 4.79 Å². The average Bonchev–Trinajstić information content (AvgIpc) is 2.99. The highest BCUT2D eigenvalue weighted by Gasteiger charge is 2.32. The molecule has 1 unspecified atom stereocenters. The Hall–Kier alpha value is -1.11. The van der Waals surface area contributed by atoms with Crippen LogP contribution in [0.5, 0.6) is 0 Å². The van der Waals surface area contributed by atoms with E-state index in [2.05, 4.69) is 6.92 Å². The minimum atomic E-state index is 0.219. The van der Waals surface area contributed by atoms with Crippen LogP contribution in [0.1, 0.15) is 35.7 Å². The van der Waals surface area contributed by atoms with Crippen molar-refractivity contribution in [1.82, 2.24) is 0 Å². The Morgan fingerprint density at radius 3 is 2.71 bits per heavy atom. The van der Waals surface area contributed by atoms with Crippen LogP contribution in [0.25, 0.3) is 0 Å². The van der Waals surface area contributed by atoms with Crippen LogP contribution in [0.4, 0.5) is 0 Å². The molecule has 14 heavy (non-hydrogen) atoms. The van der Waals surface area contributed by atoms with E-state index >= 15 is 0 Å². The lowest BCUT2D eigenvalue weighted by molar-refractivity contribution is 0.0916. The van der Waals surface area contributed by atoms with Gasteiger partial charge in [-0.05, 0) is 31.7 Å². The predicted octanol–water partition coefficient (Wildman–Crippen LogP) is 3.22. The molecule has 0 amide bonds. The van der Waals surface area contributed by atoms with Crippen molar-refractivity contribution >= 4 is 5.78 Å². The number of hydrogen-bond acceptors (Lipinski definition) is 1. The molecule has 1 heteroatoms. The third-order valence-electron chi connectivity index (χ3n) is 3.05. The molecule has 0 N–H and O–H groups in total. The summed E-state index contributed by atoms with van der Waals surface area (Å²) in [4.78, 5) is 12.0. The largest absolute Gasteiger partial charge is 0.294 e. The van der Waals surface area contributed by atoms with E-state index in [-0.39, 0.29) is 5.92 Å². The van der Waals surface area contributed by atoms with E-state index in [0.29, 0.717) is 11.7 Å². The van der Waals surface area contributed by atoms with Gasteiger partial charge in [0, 0.05) is 11.5 Å². The van der Waals surface area contributed by atoms with Crippen LogP contribution in [-0.4, -0.2) is 5.78 Å². The first-order valence-corrected chi connectivity index (χ1v) is 5.29. The molecule has 0 heterocycles. The Bertz CT molecular complexity index is 350. The van der Waals surface area contributed by atoms with E-state index in [1.54, 1.807) is 0 Å². The maximum Gasteiger partial charge on any atom is 0.165 e. The first-order valence-electron chi connectivity index (χ1n) is 5.29. The van der Waals surface area contributed by atoms with Crippen molar-refractivity contribution in [1.29, 1.82) is 0 Å². The second-order valence-electron chi connectivity index (χ2n) is 4.36. The summed E-state index contributed by atoms with van der Waals surface area (Å²) in [6.45, 7) is 4.08. The van der Waals surface area contributed by atoms with Crippen molar-refractivity contribution in [2.45, 2.75) is 26.7 Å². The molecule has 0 radical (unpaired) electrons. The number of Topliss-reactive ketones (excluding diaryl/α,β-unsaturated/α-hetero) is 1. The van der Waals surface area contributed by atoms with Gasteiger partial charge in [-0.25, -0.2) is 0 Å². The number of carbonyl (C=O) groups is 1. The van der Waals surface area contributed by atoms with Gasteiger partial charge >= 0.3 is 0 Å². The number of aryl methyl sites for hydroxylation is 1. The Balaban J connectivity index is 2.17. The van der Waals surface area contributed by atoms with Crippen LogP contribution in [0.2, 0.25) is 0 Å². The van der Waals surface area contributed by atoms with E-state index in [1.807, 2.05) is 31.2 Å². The van der Waals surface area contributed by atoms with Gasteiger partial charge in [-0.3, -0.25) is 4.79 Å². The van der Waals surface area contributed by atoms with Crippen molar-refractivity contribution in [2.24, 2.45) is 11.8 Å². The number of rotatable bonds is 3. The summed E-state index contributed by atoms with van der Waals surface area (Å²) < 4.78 is 0. The first kappa shape index (κ1) is 9.45. The molecule has 1 aliphatic rings. The summed E-state index contributed by atoms with van der Waals surface area (Å²) in [6.07, 6.45) is 2.47. The fourth-order valence-corrected chi connectivity index (χ4v) is 1.87. The number of hydrogen-bond donors (Lipinski definition) is 0. The van der Waals surface area contributed by atoms with Crippen LogP contribution >= 0.6 is 0 Å². The summed E-state index contributed by atoms with van der Waals surface area (Å²) in [7, 11) is 0. The first-order chi connectivity index (χ1) is 6.68. The molecule has 1 nitrogen and oxygen atoms in total. The molecule has 1 saturated carbocycles. The monoisotopic (exact) mass is 188 g/mol. The summed E-state index contributed by atoms with van der Waals surface area (Å²) in [5.74, 6) is 1.19. The molecule has 1 fully saturated rings. The lowest BCUT2D eigenvalue weighted by Gasteiger charge is -2.08. The van der Waals surface area contributed by atoms with Gasteiger partial charge in [0.05, 0.1) is 0 Å². The van der Waals surface area contributed by atoms with Crippen molar-refractivity contribution in [3.05, 3.63) is 35.4 Å². The van der Waals surface area contributed by atoms with Gasteiger partial charge in [0.2, 0.25) is 0 Å². The van der Waals surface area contributed by atoms with Gasteiger partial charge in [0.1, 0.15) is 0 Å². The maximum absolute atomic E-state index is 12.0. The van der Waals surface area contributed by atoms with E-state index in [4.69, 9.17) is 0 Å². The van der Waals surface area contributed by atoms with Crippen LogP contribution in [0.15, 0.2) is 24.3 Å². The van der Waals surface area contributed by atoms with Crippen molar-refractivity contribution in [3.63, 3.8) is 0 Å². The van der Waals surface area contributed by atoms with E-state index in [1.165, 1.54) is 18.4 Å². The smallest absolute Gasteiger partial charge is 0.165 e. The predicted molar refractivity (Wildman–Crippen MR) is 57.4 cm³/mol. The zero-order valence-electron chi connectivity index (χ0n) is 8.79. The second kappa shape index (κ2) is 3.56. The van der Waals surface area contributed by atoms with E-state index in [0.717, 1.165) is 5.56 Å². The molecule has 1 aromatic rings. The summed E-state index contributed by atoms with van der Waals surface area (Å²) >= 11 is 0. The fraction of sp³-hybridized carbons (Fsp3) is 0.462. The topological polar surface area (TPSA) is 17.1 Å². The van der Waals surface area contributed by atoms with Crippen LogP contribution in [0, 0.1) is 18.8 Å². The van der Waals surface area contributed by atoms with Crippen LogP contribution < -0.4 is 0 Å². The van der Waals surface area contributed by atoms with Crippen molar-refractivity contribution in [3.8, 4) is 0 Å². The normalized spacial score (nSPS) is 17.9. The molecule has 1 atom stereocenters. The highest BCUT2D eigenvalue weighted by molar-refractivity contribution is 5.98. The molecule has 74 valence electrons. The van der Waals surface area contributed by atoms with Crippen LogP contribution in [0.3, 0.4) is 0 Å². The van der Waals surface area contributed by atoms with Crippen molar-refractivity contribution < 1.29 is 4.79 Å².